The summed E-state index contributed by atoms with van der Waals surface area (Å²) in [6, 6.07) is 2.87. The molecule has 4 unspecified atom stereocenters. The maximum absolute atomic E-state index is 5.90. The van der Waals surface area contributed by atoms with Crippen LogP contribution < -0.4 is 11.1 Å². The standard InChI is InChI=1S/C16H20N4S/c1-2-9-6-10-14(19-16(17)20-15(10)21-9)18-13-11-7-3-4-8(5-7)12(11)13/h6-8,11-13H,2-5H2,1H3,(H3,17,18,19,20). The van der Waals surface area contributed by atoms with Gasteiger partial charge in [-0.15, -0.1) is 11.3 Å². The summed E-state index contributed by atoms with van der Waals surface area (Å²) in [6.45, 7) is 2.18. The quantitative estimate of drug-likeness (QED) is 0.913. The van der Waals surface area contributed by atoms with Crippen molar-refractivity contribution in [3.05, 3.63) is 10.9 Å². The van der Waals surface area contributed by atoms with Crippen LogP contribution in [-0.2, 0) is 6.42 Å². The molecule has 110 valence electrons. The van der Waals surface area contributed by atoms with Crippen LogP contribution in [0.2, 0.25) is 0 Å². The third kappa shape index (κ3) is 1.67. The van der Waals surface area contributed by atoms with E-state index in [4.69, 9.17) is 5.73 Å². The predicted molar refractivity (Wildman–Crippen MR) is 86.4 cm³/mol. The van der Waals surface area contributed by atoms with Gasteiger partial charge in [0.2, 0.25) is 5.95 Å². The second-order valence-electron chi connectivity index (χ2n) is 6.87. The van der Waals surface area contributed by atoms with Gasteiger partial charge < -0.3 is 11.1 Å². The Morgan fingerprint density at radius 3 is 2.76 bits per heavy atom. The number of hydrogen-bond acceptors (Lipinski definition) is 5. The Morgan fingerprint density at radius 1 is 1.29 bits per heavy atom. The molecule has 2 aromatic rings. The normalized spacial score (nSPS) is 36.1. The van der Waals surface area contributed by atoms with E-state index in [9.17, 15) is 0 Å². The van der Waals surface area contributed by atoms with Gasteiger partial charge in [0.25, 0.3) is 0 Å². The summed E-state index contributed by atoms with van der Waals surface area (Å²) in [6.07, 6.45) is 5.42. The number of nitrogens with two attached hydrogens (primary N) is 1. The molecule has 0 amide bonds. The first-order valence-corrected chi connectivity index (χ1v) is 8.88. The second-order valence-corrected chi connectivity index (χ2v) is 7.99. The van der Waals surface area contributed by atoms with Crippen molar-refractivity contribution < 1.29 is 0 Å². The lowest BCUT2D eigenvalue weighted by Gasteiger charge is -2.12. The molecule has 5 heteroatoms. The molecule has 2 bridgehead atoms. The zero-order valence-corrected chi connectivity index (χ0v) is 13.0. The number of aromatic nitrogens is 2. The fourth-order valence-electron chi connectivity index (χ4n) is 4.95. The monoisotopic (exact) mass is 300 g/mol. The third-order valence-electron chi connectivity index (χ3n) is 5.85. The zero-order chi connectivity index (χ0) is 14.1. The van der Waals surface area contributed by atoms with Gasteiger partial charge >= 0.3 is 0 Å². The number of aryl methyl sites for hydroxylation is 1. The summed E-state index contributed by atoms with van der Waals surface area (Å²) >= 11 is 1.74. The van der Waals surface area contributed by atoms with E-state index in [0.717, 1.165) is 46.1 Å². The highest BCUT2D eigenvalue weighted by Crippen LogP contribution is 2.66. The largest absolute Gasteiger partial charge is 0.368 e. The highest BCUT2D eigenvalue weighted by molar-refractivity contribution is 7.18. The number of hydrogen-bond donors (Lipinski definition) is 2. The van der Waals surface area contributed by atoms with E-state index in [-0.39, 0.29) is 0 Å². The van der Waals surface area contributed by atoms with Crippen LogP contribution in [0.25, 0.3) is 10.2 Å². The average molecular weight is 300 g/mol. The Morgan fingerprint density at radius 2 is 2.05 bits per heavy atom. The molecule has 0 aromatic carbocycles. The maximum Gasteiger partial charge on any atom is 0.223 e. The molecule has 0 saturated heterocycles. The molecule has 3 fully saturated rings. The minimum absolute atomic E-state index is 0.392. The van der Waals surface area contributed by atoms with Gasteiger partial charge in [0, 0.05) is 10.9 Å². The van der Waals surface area contributed by atoms with Gasteiger partial charge in [-0.2, -0.15) is 4.98 Å². The Hall–Kier alpha value is -1.36. The number of fused-ring (bicyclic) bond motifs is 6. The lowest BCUT2D eigenvalue weighted by molar-refractivity contribution is 0.456. The van der Waals surface area contributed by atoms with Crippen molar-refractivity contribution in [1.82, 2.24) is 9.97 Å². The summed E-state index contributed by atoms with van der Waals surface area (Å²) in [5.74, 6) is 5.11. The molecule has 4 nitrogen and oxygen atoms in total. The summed E-state index contributed by atoms with van der Waals surface area (Å²) in [5.41, 5.74) is 5.90. The van der Waals surface area contributed by atoms with Crippen LogP contribution in [0.5, 0.6) is 0 Å². The van der Waals surface area contributed by atoms with Crippen molar-refractivity contribution in [3.63, 3.8) is 0 Å². The number of nitrogens with zero attached hydrogens (tertiary/aromatic N) is 2. The molecular weight excluding hydrogens is 280 g/mol. The van der Waals surface area contributed by atoms with Gasteiger partial charge in [-0.3, -0.25) is 0 Å². The molecule has 0 spiro atoms. The molecule has 2 heterocycles. The van der Waals surface area contributed by atoms with Gasteiger partial charge in [0.05, 0.1) is 5.39 Å². The third-order valence-corrected chi connectivity index (χ3v) is 7.02. The van der Waals surface area contributed by atoms with Gasteiger partial charge in [-0.25, -0.2) is 4.98 Å². The molecule has 0 radical (unpaired) electrons. The Bertz CT molecular complexity index is 708. The van der Waals surface area contributed by atoms with E-state index in [0.29, 0.717) is 12.0 Å². The van der Waals surface area contributed by atoms with E-state index in [1.807, 2.05) is 0 Å². The molecule has 0 aliphatic heterocycles. The van der Waals surface area contributed by atoms with Crippen molar-refractivity contribution in [3.8, 4) is 0 Å². The van der Waals surface area contributed by atoms with Crippen LogP contribution >= 0.6 is 11.3 Å². The van der Waals surface area contributed by atoms with Crippen molar-refractivity contribution in [2.75, 3.05) is 11.1 Å². The fourth-order valence-corrected chi connectivity index (χ4v) is 5.92. The van der Waals surface area contributed by atoms with Crippen LogP contribution in [-0.4, -0.2) is 16.0 Å². The molecule has 3 aliphatic carbocycles. The number of nitrogens with one attached hydrogen (secondary N) is 1. The van der Waals surface area contributed by atoms with E-state index < -0.39 is 0 Å². The molecule has 5 rings (SSSR count). The van der Waals surface area contributed by atoms with Crippen LogP contribution in [0.1, 0.15) is 31.1 Å². The van der Waals surface area contributed by atoms with Gasteiger partial charge in [-0.1, -0.05) is 6.92 Å². The first-order chi connectivity index (χ1) is 10.2. The van der Waals surface area contributed by atoms with E-state index in [1.54, 1.807) is 11.3 Å². The van der Waals surface area contributed by atoms with Crippen LogP contribution in [0.4, 0.5) is 11.8 Å². The van der Waals surface area contributed by atoms with E-state index in [1.165, 1.54) is 24.1 Å². The lowest BCUT2D eigenvalue weighted by atomic mass is 10.0. The highest BCUT2D eigenvalue weighted by atomic mass is 32.1. The second kappa shape index (κ2) is 4.09. The minimum atomic E-state index is 0.392. The smallest absolute Gasteiger partial charge is 0.223 e. The Balaban J connectivity index is 1.49. The molecular formula is C16H20N4S. The van der Waals surface area contributed by atoms with E-state index in [2.05, 4.69) is 28.3 Å². The number of rotatable bonds is 3. The minimum Gasteiger partial charge on any atom is -0.368 e. The van der Waals surface area contributed by atoms with Gasteiger partial charge in [0.1, 0.15) is 10.6 Å². The van der Waals surface area contributed by atoms with Gasteiger partial charge in [0.15, 0.2) is 0 Å². The summed E-state index contributed by atoms with van der Waals surface area (Å²) < 4.78 is 0. The van der Waals surface area contributed by atoms with Crippen molar-refractivity contribution in [2.45, 2.75) is 38.6 Å². The highest BCUT2D eigenvalue weighted by Gasteiger charge is 2.65. The first-order valence-electron chi connectivity index (χ1n) is 8.07. The number of thiophene rings is 1. The average Bonchev–Trinajstić information content (AvgIpc) is 2.88. The molecule has 21 heavy (non-hydrogen) atoms. The summed E-state index contributed by atoms with van der Waals surface area (Å²) in [7, 11) is 0. The van der Waals surface area contributed by atoms with Crippen LogP contribution in [0.3, 0.4) is 0 Å². The van der Waals surface area contributed by atoms with E-state index >= 15 is 0 Å². The SMILES string of the molecule is CCc1cc2c(NC3C4C5CCC(C5)C34)nc(N)nc2s1. The molecule has 2 aromatic heterocycles. The molecule has 3 N–H and O–H groups in total. The van der Waals surface area contributed by atoms with Gasteiger partial charge in [-0.05, 0) is 55.4 Å². The molecule has 4 atom stereocenters. The van der Waals surface area contributed by atoms with Crippen molar-refractivity contribution in [2.24, 2.45) is 23.7 Å². The topological polar surface area (TPSA) is 63.8 Å². The number of nitrogen functional groups attached to an aromatic ring is 1. The van der Waals surface area contributed by atoms with Crippen molar-refractivity contribution >= 4 is 33.3 Å². The zero-order valence-electron chi connectivity index (χ0n) is 12.2. The van der Waals surface area contributed by atoms with Crippen LogP contribution in [0.15, 0.2) is 6.07 Å². The molecule has 3 aliphatic rings. The molecule has 3 saturated carbocycles. The summed E-state index contributed by atoms with van der Waals surface area (Å²) in [5, 5.41) is 4.87. The lowest BCUT2D eigenvalue weighted by Crippen LogP contribution is -2.14. The Kier molecular flexibility index (Phi) is 2.38. The maximum atomic E-state index is 5.90. The fraction of sp³-hybridized carbons (Fsp3) is 0.625. The number of anilines is 2. The van der Waals surface area contributed by atoms with Crippen LogP contribution in [0, 0.1) is 23.7 Å². The predicted octanol–water partition coefficient (Wildman–Crippen LogP) is 3.29. The van der Waals surface area contributed by atoms with Crippen molar-refractivity contribution in [1.29, 1.82) is 0 Å². The summed E-state index contributed by atoms with van der Waals surface area (Å²) in [4.78, 5) is 11.3. The Labute approximate surface area is 128 Å². The first kappa shape index (κ1) is 12.2.